The van der Waals surface area contributed by atoms with Gasteiger partial charge in [0.1, 0.15) is 5.82 Å². The monoisotopic (exact) mass is 286 g/mol. The summed E-state index contributed by atoms with van der Waals surface area (Å²) in [6, 6.07) is 4.12. The average Bonchev–Trinajstić information content (AvgIpc) is 2.94. The van der Waals surface area contributed by atoms with Gasteiger partial charge in [0, 0.05) is 18.3 Å². The number of rotatable bonds is 3. The minimum absolute atomic E-state index is 0.0666. The van der Waals surface area contributed by atoms with E-state index < -0.39 is 11.7 Å². The van der Waals surface area contributed by atoms with E-state index in [2.05, 4.69) is 22.3 Å². The van der Waals surface area contributed by atoms with Crippen molar-refractivity contribution in [2.45, 2.75) is 13.5 Å². The number of carbonyl (C=O) groups is 1. The fourth-order valence-electron chi connectivity index (χ4n) is 1.73. The van der Waals surface area contributed by atoms with Crippen molar-refractivity contribution in [3.63, 3.8) is 0 Å². The molecule has 2 rings (SSSR count). The SMILES string of the molecule is CCn1cc(NC(=O)c2cc(C#CCN)ccc2F)cn1. The van der Waals surface area contributed by atoms with Crippen LogP contribution in [0.5, 0.6) is 0 Å². The number of carbonyl (C=O) groups excluding carboxylic acids is 1. The molecule has 0 radical (unpaired) electrons. The number of anilines is 1. The van der Waals surface area contributed by atoms with Crippen molar-refractivity contribution in [1.82, 2.24) is 9.78 Å². The van der Waals surface area contributed by atoms with Gasteiger partial charge in [-0.25, -0.2) is 4.39 Å². The Labute approximate surface area is 122 Å². The van der Waals surface area contributed by atoms with Crippen LogP contribution < -0.4 is 11.1 Å². The fraction of sp³-hybridized carbons (Fsp3) is 0.200. The van der Waals surface area contributed by atoms with Crippen LogP contribution in [0.1, 0.15) is 22.8 Å². The third kappa shape index (κ3) is 3.68. The number of nitrogens with two attached hydrogens (primary N) is 1. The Morgan fingerprint density at radius 2 is 2.33 bits per heavy atom. The number of hydrogen-bond donors (Lipinski definition) is 2. The molecule has 2 aromatic rings. The summed E-state index contributed by atoms with van der Waals surface area (Å²) in [7, 11) is 0. The predicted octanol–water partition coefficient (Wildman–Crippen LogP) is 1.60. The normalized spacial score (nSPS) is 9.86. The van der Waals surface area contributed by atoms with E-state index in [4.69, 9.17) is 5.73 Å². The van der Waals surface area contributed by atoms with Gasteiger partial charge in [-0.05, 0) is 25.1 Å². The molecule has 0 aliphatic carbocycles. The average molecular weight is 286 g/mol. The molecule has 0 saturated heterocycles. The van der Waals surface area contributed by atoms with Gasteiger partial charge >= 0.3 is 0 Å². The lowest BCUT2D eigenvalue weighted by Crippen LogP contribution is -2.13. The Balaban J connectivity index is 2.21. The number of halogens is 1. The molecule has 0 atom stereocenters. The molecule has 1 heterocycles. The maximum absolute atomic E-state index is 13.8. The van der Waals surface area contributed by atoms with Crippen LogP contribution in [0.4, 0.5) is 10.1 Å². The molecule has 0 aliphatic heterocycles. The Kier molecular flexibility index (Phi) is 4.69. The van der Waals surface area contributed by atoms with E-state index in [9.17, 15) is 9.18 Å². The number of aromatic nitrogens is 2. The zero-order chi connectivity index (χ0) is 15.2. The summed E-state index contributed by atoms with van der Waals surface area (Å²) in [4.78, 5) is 12.1. The molecule has 1 aromatic carbocycles. The minimum atomic E-state index is -0.603. The lowest BCUT2D eigenvalue weighted by molar-refractivity contribution is 0.102. The molecule has 3 N–H and O–H groups in total. The molecule has 0 unspecified atom stereocenters. The number of hydrogen-bond acceptors (Lipinski definition) is 3. The zero-order valence-electron chi connectivity index (χ0n) is 11.6. The predicted molar refractivity (Wildman–Crippen MR) is 78.2 cm³/mol. The molecule has 0 fully saturated rings. The van der Waals surface area contributed by atoms with Crippen LogP contribution in [0.3, 0.4) is 0 Å². The van der Waals surface area contributed by atoms with Crippen LogP contribution in [-0.4, -0.2) is 22.2 Å². The van der Waals surface area contributed by atoms with E-state index in [0.29, 0.717) is 17.8 Å². The Morgan fingerprint density at radius 3 is 3.00 bits per heavy atom. The maximum Gasteiger partial charge on any atom is 0.258 e. The minimum Gasteiger partial charge on any atom is -0.320 e. The van der Waals surface area contributed by atoms with Crippen LogP contribution in [0.2, 0.25) is 0 Å². The molecule has 0 saturated carbocycles. The van der Waals surface area contributed by atoms with Gasteiger partial charge in [-0.15, -0.1) is 0 Å². The molecule has 0 bridgehead atoms. The van der Waals surface area contributed by atoms with Gasteiger partial charge in [0.15, 0.2) is 0 Å². The van der Waals surface area contributed by atoms with Crippen LogP contribution in [-0.2, 0) is 6.54 Å². The van der Waals surface area contributed by atoms with E-state index >= 15 is 0 Å². The van der Waals surface area contributed by atoms with Crippen molar-refractivity contribution in [2.75, 3.05) is 11.9 Å². The second-order valence-corrected chi connectivity index (χ2v) is 4.24. The molecule has 21 heavy (non-hydrogen) atoms. The number of nitrogens with zero attached hydrogens (tertiary/aromatic N) is 2. The summed E-state index contributed by atoms with van der Waals surface area (Å²) in [5, 5.41) is 6.64. The molecule has 0 aliphatic rings. The van der Waals surface area contributed by atoms with E-state index in [1.165, 1.54) is 24.4 Å². The number of nitrogens with one attached hydrogen (secondary N) is 1. The fourth-order valence-corrected chi connectivity index (χ4v) is 1.73. The van der Waals surface area contributed by atoms with Gasteiger partial charge in [0.25, 0.3) is 5.91 Å². The van der Waals surface area contributed by atoms with Gasteiger partial charge in [-0.3, -0.25) is 9.48 Å². The second-order valence-electron chi connectivity index (χ2n) is 4.24. The molecule has 6 heteroatoms. The third-order valence-electron chi connectivity index (χ3n) is 2.76. The summed E-state index contributed by atoms with van der Waals surface area (Å²) in [5.41, 5.74) is 6.27. The van der Waals surface area contributed by atoms with Crippen molar-refractivity contribution in [2.24, 2.45) is 5.73 Å². The second kappa shape index (κ2) is 6.68. The quantitative estimate of drug-likeness (QED) is 0.842. The largest absolute Gasteiger partial charge is 0.320 e. The molecule has 1 amide bonds. The topological polar surface area (TPSA) is 72.9 Å². The first-order valence-corrected chi connectivity index (χ1v) is 6.46. The van der Waals surface area contributed by atoms with Crippen molar-refractivity contribution in [3.8, 4) is 11.8 Å². The zero-order valence-corrected chi connectivity index (χ0v) is 11.6. The van der Waals surface area contributed by atoms with Gasteiger partial charge in [-0.1, -0.05) is 11.8 Å². The highest BCUT2D eigenvalue weighted by Gasteiger charge is 2.13. The van der Waals surface area contributed by atoms with Crippen molar-refractivity contribution in [3.05, 3.63) is 47.5 Å². The molecule has 0 spiro atoms. The number of amides is 1. The van der Waals surface area contributed by atoms with Gasteiger partial charge < -0.3 is 11.1 Å². The van der Waals surface area contributed by atoms with Crippen molar-refractivity contribution >= 4 is 11.6 Å². The van der Waals surface area contributed by atoms with Crippen LogP contribution >= 0.6 is 0 Å². The lowest BCUT2D eigenvalue weighted by atomic mass is 10.1. The molecule has 108 valence electrons. The molecular formula is C15H15FN4O. The van der Waals surface area contributed by atoms with Gasteiger partial charge in [0.2, 0.25) is 0 Å². The standard InChI is InChI=1S/C15H15FN4O/c1-2-20-10-12(9-18-20)19-15(21)13-8-11(4-3-7-17)5-6-14(13)16/h5-6,8-10H,2,7,17H2,1H3,(H,19,21). The highest BCUT2D eigenvalue weighted by Crippen LogP contribution is 2.13. The van der Waals surface area contributed by atoms with E-state index in [1.807, 2.05) is 6.92 Å². The number of aryl methyl sites for hydroxylation is 1. The first-order valence-electron chi connectivity index (χ1n) is 6.46. The van der Waals surface area contributed by atoms with E-state index in [-0.39, 0.29) is 12.1 Å². The van der Waals surface area contributed by atoms with E-state index in [0.717, 1.165) is 0 Å². The Hall–Kier alpha value is -2.65. The summed E-state index contributed by atoms with van der Waals surface area (Å²) in [5.74, 6) is 4.28. The van der Waals surface area contributed by atoms with Crippen LogP contribution in [0.15, 0.2) is 30.6 Å². The maximum atomic E-state index is 13.8. The highest BCUT2D eigenvalue weighted by molar-refractivity contribution is 6.04. The Morgan fingerprint density at radius 1 is 1.52 bits per heavy atom. The van der Waals surface area contributed by atoms with E-state index in [1.54, 1.807) is 10.9 Å². The number of benzene rings is 1. The van der Waals surface area contributed by atoms with Gasteiger partial charge in [-0.2, -0.15) is 5.10 Å². The first kappa shape index (κ1) is 14.8. The Bertz CT molecular complexity index is 712. The molecule has 5 nitrogen and oxygen atoms in total. The van der Waals surface area contributed by atoms with Crippen LogP contribution in [0.25, 0.3) is 0 Å². The third-order valence-corrected chi connectivity index (χ3v) is 2.76. The summed E-state index contributed by atoms with van der Waals surface area (Å²) in [6.45, 7) is 2.82. The van der Waals surface area contributed by atoms with Gasteiger partial charge in [0.05, 0.1) is 24.0 Å². The summed E-state index contributed by atoms with van der Waals surface area (Å²) < 4.78 is 15.4. The highest BCUT2D eigenvalue weighted by atomic mass is 19.1. The van der Waals surface area contributed by atoms with Crippen molar-refractivity contribution in [1.29, 1.82) is 0 Å². The lowest BCUT2D eigenvalue weighted by Gasteiger charge is -2.04. The molecular weight excluding hydrogens is 271 g/mol. The van der Waals surface area contributed by atoms with Crippen LogP contribution in [0, 0.1) is 17.7 Å². The summed E-state index contributed by atoms with van der Waals surface area (Å²) >= 11 is 0. The van der Waals surface area contributed by atoms with Crippen molar-refractivity contribution < 1.29 is 9.18 Å². The smallest absolute Gasteiger partial charge is 0.258 e. The summed E-state index contributed by atoms with van der Waals surface area (Å²) in [6.07, 6.45) is 3.19. The molecule has 1 aromatic heterocycles. The first-order chi connectivity index (χ1) is 10.1.